The molecule has 1 aromatic rings. The smallest absolute Gasteiger partial charge is 0.0793 e. The van der Waals surface area contributed by atoms with Gasteiger partial charge in [-0.1, -0.05) is 50.3 Å². The van der Waals surface area contributed by atoms with Crippen molar-refractivity contribution in [3.05, 3.63) is 34.3 Å². The van der Waals surface area contributed by atoms with E-state index in [1.165, 1.54) is 19.3 Å². The fraction of sp³-hybridized carbons (Fsp3) is 0.571. The number of unbranched alkanes of at least 4 members (excludes halogenated alkanes) is 3. The van der Waals surface area contributed by atoms with Crippen molar-refractivity contribution >= 4 is 11.6 Å². The van der Waals surface area contributed by atoms with E-state index in [2.05, 4.69) is 6.92 Å². The Morgan fingerprint density at radius 2 is 2.00 bits per heavy atom. The topological polar surface area (TPSA) is 20.2 Å². The molecule has 0 bridgehead atoms. The molecule has 1 aromatic carbocycles. The Balaban J connectivity index is 2.51. The van der Waals surface area contributed by atoms with Crippen LogP contribution in [-0.4, -0.2) is 5.11 Å². The van der Waals surface area contributed by atoms with Gasteiger partial charge in [-0.2, -0.15) is 0 Å². The van der Waals surface area contributed by atoms with E-state index in [0.29, 0.717) is 5.02 Å². The van der Waals surface area contributed by atoms with Crippen molar-refractivity contribution in [2.24, 2.45) is 0 Å². The van der Waals surface area contributed by atoms with E-state index in [4.69, 9.17) is 11.6 Å². The van der Waals surface area contributed by atoms with Crippen LogP contribution in [0.25, 0.3) is 0 Å². The molecule has 0 aliphatic heterocycles. The molecule has 0 amide bonds. The number of hydrogen-bond acceptors (Lipinski definition) is 1. The van der Waals surface area contributed by atoms with Gasteiger partial charge >= 0.3 is 0 Å². The van der Waals surface area contributed by atoms with Crippen molar-refractivity contribution in [2.75, 3.05) is 0 Å². The average molecular weight is 241 g/mol. The van der Waals surface area contributed by atoms with Gasteiger partial charge in [0.15, 0.2) is 0 Å². The number of benzene rings is 1. The van der Waals surface area contributed by atoms with Crippen LogP contribution in [0.4, 0.5) is 0 Å². The Bertz CT molecular complexity index is 323. The molecule has 0 aliphatic rings. The summed E-state index contributed by atoms with van der Waals surface area (Å²) in [4.78, 5) is 0. The highest BCUT2D eigenvalue weighted by Gasteiger charge is 2.10. The van der Waals surface area contributed by atoms with Gasteiger partial charge in [-0.15, -0.1) is 0 Å². The maximum absolute atomic E-state index is 10.1. The molecule has 0 saturated heterocycles. The molecule has 1 atom stereocenters. The number of halogens is 1. The summed E-state index contributed by atoms with van der Waals surface area (Å²) in [6.07, 6.45) is 5.23. The molecule has 0 spiro atoms. The number of hydrogen-bond donors (Lipinski definition) is 1. The number of aliphatic hydroxyl groups excluding tert-OH is 1. The second kappa shape index (κ2) is 6.93. The molecule has 1 N–H and O–H groups in total. The molecule has 0 aromatic heterocycles. The van der Waals surface area contributed by atoms with Crippen molar-refractivity contribution in [1.29, 1.82) is 0 Å². The summed E-state index contributed by atoms with van der Waals surface area (Å²) >= 11 is 5.93. The number of aliphatic hydroxyl groups is 1. The van der Waals surface area contributed by atoms with E-state index >= 15 is 0 Å². The molecule has 1 rings (SSSR count). The summed E-state index contributed by atoms with van der Waals surface area (Å²) in [5, 5.41) is 10.8. The first-order chi connectivity index (χ1) is 7.65. The lowest BCUT2D eigenvalue weighted by Crippen LogP contribution is -2.00. The first-order valence-electron chi connectivity index (χ1n) is 6.09. The second-order valence-corrected chi connectivity index (χ2v) is 4.80. The van der Waals surface area contributed by atoms with Crippen molar-refractivity contribution in [3.8, 4) is 0 Å². The van der Waals surface area contributed by atoms with Gasteiger partial charge in [-0.3, -0.25) is 0 Å². The maximum Gasteiger partial charge on any atom is 0.0793 e. The van der Waals surface area contributed by atoms with E-state index in [1.54, 1.807) is 0 Å². The molecule has 0 heterocycles. The first-order valence-corrected chi connectivity index (χ1v) is 6.47. The zero-order valence-corrected chi connectivity index (χ0v) is 10.9. The minimum absolute atomic E-state index is 0.365. The van der Waals surface area contributed by atoms with Crippen LogP contribution in [-0.2, 0) is 0 Å². The normalized spacial score (nSPS) is 12.8. The summed E-state index contributed by atoms with van der Waals surface area (Å²) < 4.78 is 0. The molecule has 1 unspecified atom stereocenters. The molecule has 1 nitrogen and oxygen atoms in total. The Morgan fingerprint density at radius 1 is 1.25 bits per heavy atom. The van der Waals surface area contributed by atoms with E-state index in [-0.39, 0.29) is 6.10 Å². The Labute approximate surface area is 103 Å². The monoisotopic (exact) mass is 240 g/mol. The third kappa shape index (κ3) is 4.15. The summed E-state index contributed by atoms with van der Waals surface area (Å²) in [5.41, 5.74) is 2.09. The van der Waals surface area contributed by atoms with Crippen LogP contribution >= 0.6 is 11.6 Å². The number of rotatable bonds is 6. The van der Waals surface area contributed by atoms with Gasteiger partial charge in [0, 0.05) is 5.02 Å². The lowest BCUT2D eigenvalue weighted by Gasteiger charge is -2.13. The van der Waals surface area contributed by atoms with Crippen LogP contribution in [0.1, 0.15) is 56.3 Å². The van der Waals surface area contributed by atoms with Crippen LogP contribution in [0.5, 0.6) is 0 Å². The van der Waals surface area contributed by atoms with Gasteiger partial charge in [-0.25, -0.2) is 0 Å². The van der Waals surface area contributed by atoms with E-state index in [1.807, 2.05) is 25.1 Å². The van der Waals surface area contributed by atoms with Gasteiger partial charge in [-0.05, 0) is 36.6 Å². The maximum atomic E-state index is 10.1. The van der Waals surface area contributed by atoms with Gasteiger partial charge < -0.3 is 5.11 Å². The van der Waals surface area contributed by atoms with Crippen LogP contribution < -0.4 is 0 Å². The average Bonchev–Trinajstić information content (AvgIpc) is 2.27. The van der Waals surface area contributed by atoms with Gasteiger partial charge in [0.05, 0.1) is 6.10 Å². The molecule has 2 heteroatoms. The van der Waals surface area contributed by atoms with Crippen molar-refractivity contribution in [1.82, 2.24) is 0 Å². The predicted molar refractivity (Wildman–Crippen MR) is 69.9 cm³/mol. The SMILES string of the molecule is CCCCCCC(O)c1cc(Cl)ccc1C. The first kappa shape index (κ1) is 13.5. The quantitative estimate of drug-likeness (QED) is 0.718. The minimum Gasteiger partial charge on any atom is -0.388 e. The molecule has 16 heavy (non-hydrogen) atoms. The fourth-order valence-corrected chi connectivity index (χ4v) is 2.07. The number of aryl methyl sites for hydroxylation is 1. The second-order valence-electron chi connectivity index (χ2n) is 4.37. The summed E-state index contributed by atoms with van der Waals surface area (Å²) in [6.45, 7) is 4.21. The molecule has 0 fully saturated rings. The highest BCUT2D eigenvalue weighted by atomic mass is 35.5. The minimum atomic E-state index is -0.365. The molecular formula is C14H21ClO. The lowest BCUT2D eigenvalue weighted by molar-refractivity contribution is 0.162. The van der Waals surface area contributed by atoms with Crippen LogP contribution in [0.15, 0.2) is 18.2 Å². The molecule has 90 valence electrons. The Kier molecular flexibility index (Phi) is 5.86. The van der Waals surface area contributed by atoms with E-state index < -0.39 is 0 Å². The lowest BCUT2D eigenvalue weighted by atomic mass is 9.99. The molecule has 0 radical (unpaired) electrons. The highest BCUT2D eigenvalue weighted by molar-refractivity contribution is 6.30. The highest BCUT2D eigenvalue weighted by Crippen LogP contribution is 2.25. The molecule has 0 aliphatic carbocycles. The van der Waals surface area contributed by atoms with Crippen LogP contribution in [0.3, 0.4) is 0 Å². The van der Waals surface area contributed by atoms with Gasteiger partial charge in [0.2, 0.25) is 0 Å². The van der Waals surface area contributed by atoms with Crippen molar-refractivity contribution < 1.29 is 5.11 Å². The third-order valence-corrected chi connectivity index (χ3v) is 3.17. The zero-order valence-electron chi connectivity index (χ0n) is 10.2. The van der Waals surface area contributed by atoms with E-state index in [9.17, 15) is 5.11 Å². The molecular weight excluding hydrogens is 220 g/mol. The van der Waals surface area contributed by atoms with Gasteiger partial charge in [0.25, 0.3) is 0 Å². The third-order valence-electron chi connectivity index (χ3n) is 2.93. The van der Waals surface area contributed by atoms with Crippen LogP contribution in [0.2, 0.25) is 5.02 Å². The fourth-order valence-electron chi connectivity index (χ4n) is 1.89. The Morgan fingerprint density at radius 3 is 2.69 bits per heavy atom. The van der Waals surface area contributed by atoms with E-state index in [0.717, 1.165) is 24.0 Å². The van der Waals surface area contributed by atoms with Crippen LogP contribution in [0, 0.1) is 6.92 Å². The summed E-state index contributed by atoms with van der Waals surface area (Å²) in [6, 6.07) is 5.71. The standard InChI is InChI=1S/C14H21ClO/c1-3-4-5-6-7-14(16)13-10-12(15)9-8-11(13)2/h8-10,14,16H,3-7H2,1-2H3. The molecule has 0 saturated carbocycles. The van der Waals surface area contributed by atoms with Gasteiger partial charge in [0.1, 0.15) is 0 Å². The summed E-state index contributed by atoms with van der Waals surface area (Å²) in [7, 11) is 0. The summed E-state index contributed by atoms with van der Waals surface area (Å²) in [5.74, 6) is 0. The predicted octanol–water partition coefficient (Wildman–Crippen LogP) is 4.65. The van der Waals surface area contributed by atoms with Crippen molar-refractivity contribution in [2.45, 2.75) is 52.1 Å². The van der Waals surface area contributed by atoms with Crippen molar-refractivity contribution in [3.63, 3.8) is 0 Å². The Hall–Kier alpha value is -0.530. The zero-order chi connectivity index (χ0) is 12.0. The largest absolute Gasteiger partial charge is 0.388 e.